The van der Waals surface area contributed by atoms with Gasteiger partial charge in [-0.1, -0.05) is 24.3 Å². The summed E-state index contributed by atoms with van der Waals surface area (Å²) in [6.07, 6.45) is -3.38. The standard InChI is InChI=1S/C25H25F3N2O5/c1-16-23(29-15-34-16)22(12-17-2-6-19(7-3-17)25(26,27)28)35-20-8-4-18(5-9-20)13-30-10-11-33-14-21(30)24(31)32/h2-9,15,21-22H,10-14H2,1H3,(H,31,32)/t21-,22?/m0/s1. The molecule has 0 amide bonds. The van der Waals surface area contributed by atoms with Gasteiger partial charge >= 0.3 is 12.1 Å². The number of alkyl halides is 3. The molecule has 0 spiro atoms. The van der Waals surface area contributed by atoms with Gasteiger partial charge in [0.15, 0.2) is 6.39 Å². The fourth-order valence-corrected chi connectivity index (χ4v) is 3.99. The fraction of sp³-hybridized carbons (Fsp3) is 0.360. The average molecular weight is 490 g/mol. The number of hydrogen-bond acceptors (Lipinski definition) is 6. The quantitative estimate of drug-likeness (QED) is 0.492. The molecule has 1 N–H and O–H groups in total. The van der Waals surface area contributed by atoms with Crippen molar-refractivity contribution >= 4 is 5.97 Å². The van der Waals surface area contributed by atoms with E-state index in [4.69, 9.17) is 13.9 Å². The van der Waals surface area contributed by atoms with E-state index in [0.717, 1.165) is 17.7 Å². The highest BCUT2D eigenvalue weighted by atomic mass is 19.4. The highest BCUT2D eigenvalue weighted by Gasteiger charge is 2.31. The van der Waals surface area contributed by atoms with Crippen LogP contribution in [0.4, 0.5) is 13.2 Å². The van der Waals surface area contributed by atoms with Crippen LogP contribution in [0.15, 0.2) is 59.3 Å². The monoisotopic (exact) mass is 490 g/mol. The lowest BCUT2D eigenvalue weighted by atomic mass is 10.0. The number of morpholine rings is 1. The molecule has 35 heavy (non-hydrogen) atoms. The van der Waals surface area contributed by atoms with Gasteiger partial charge in [-0.05, 0) is 42.3 Å². The van der Waals surface area contributed by atoms with E-state index >= 15 is 0 Å². The molecule has 1 unspecified atom stereocenters. The van der Waals surface area contributed by atoms with Crippen molar-refractivity contribution in [2.45, 2.75) is 38.2 Å². The van der Waals surface area contributed by atoms with Crippen LogP contribution in [0.2, 0.25) is 0 Å². The summed E-state index contributed by atoms with van der Waals surface area (Å²) in [5.41, 5.74) is 1.43. The Bertz CT molecular complexity index is 1130. The maximum atomic E-state index is 12.9. The van der Waals surface area contributed by atoms with E-state index in [2.05, 4.69) is 4.98 Å². The fourth-order valence-electron chi connectivity index (χ4n) is 3.99. The molecule has 4 rings (SSSR count). The summed E-state index contributed by atoms with van der Waals surface area (Å²) in [6.45, 7) is 3.36. The summed E-state index contributed by atoms with van der Waals surface area (Å²) < 4.78 is 55.5. The first-order chi connectivity index (χ1) is 16.7. The zero-order chi connectivity index (χ0) is 25.0. The van der Waals surface area contributed by atoms with Gasteiger partial charge in [0.2, 0.25) is 0 Å². The molecule has 2 atom stereocenters. The number of aromatic nitrogens is 1. The summed E-state index contributed by atoms with van der Waals surface area (Å²) >= 11 is 0. The van der Waals surface area contributed by atoms with E-state index in [1.165, 1.54) is 18.5 Å². The van der Waals surface area contributed by atoms with Crippen LogP contribution in [0.1, 0.15) is 34.2 Å². The summed E-state index contributed by atoms with van der Waals surface area (Å²) in [5, 5.41) is 9.41. The first-order valence-electron chi connectivity index (χ1n) is 11.1. The van der Waals surface area contributed by atoms with Crippen molar-refractivity contribution in [1.82, 2.24) is 9.88 Å². The highest BCUT2D eigenvalue weighted by molar-refractivity contribution is 5.73. The minimum Gasteiger partial charge on any atom is -0.484 e. The van der Waals surface area contributed by atoms with Gasteiger partial charge in [-0.3, -0.25) is 9.69 Å². The number of hydrogen-bond donors (Lipinski definition) is 1. The van der Waals surface area contributed by atoms with Crippen molar-refractivity contribution in [3.8, 4) is 5.75 Å². The van der Waals surface area contributed by atoms with Gasteiger partial charge in [0.25, 0.3) is 0 Å². The Morgan fingerprint density at radius 2 is 1.86 bits per heavy atom. The third-order valence-corrected chi connectivity index (χ3v) is 5.90. The van der Waals surface area contributed by atoms with Crippen LogP contribution in [0.5, 0.6) is 5.75 Å². The number of carboxylic acid groups (broad SMARTS) is 1. The van der Waals surface area contributed by atoms with Gasteiger partial charge in [-0.2, -0.15) is 13.2 Å². The zero-order valence-electron chi connectivity index (χ0n) is 19.0. The number of carboxylic acids is 1. The minimum absolute atomic E-state index is 0.152. The number of ether oxygens (including phenoxy) is 2. The Balaban J connectivity index is 1.47. The zero-order valence-corrected chi connectivity index (χ0v) is 19.0. The SMILES string of the molecule is Cc1ocnc1C(Cc1ccc(C(F)(F)F)cc1)Oc1ccc(CN2CCOC[C@H]2C(=O)O)cc1. The van der Waals surface area contributed by atoms with Crippen LogP contribution in [0.25, 0.3) is 0 Å². The van der Waals surface area contributed by atoms with Crippen LogP contribution in [0.3, 0.4) is 0 Å². The summed E-state index contributed by atoms with van der Waals surface area (Å²) in [6, 6.07) is 11.5. The molecule has 2 aromatic carbocycles. The molecule has 0 saturated carbocycles. The molecular formula is C25H25F3N2O5. The van der Waals surface area contributed by atoms with E-state index in [9.17, 15) is 23.1 Å². The summed E-state index contributed by atoms with van der Waals surface area (Å²) in [5.74, 6) is 0.189. The number of aryl methyl sites for hydroxylation is 1. The van der Waals surface area contributed by atoms with Crippen LogP contribution in [-0.2, 0) is 28.7 Å². The van der Waals surface area contributed by atoms with E-state index in [1.54, 1.807) is 19.1 Å². The molecule has 0 aliphatic carbocycles. The Hall–Kier alpha value is -3.37. The van der Waals surface area contributed by atoms with Gasteiger partial charge in [0.05, 0.1) is 18.8 Å². The van der Waals surface area contributed by atoms with Crippen LogP contribution < -0.4 is 4.74 Å². The van der Waals surface area contributed by atoms with E-state index in [0.29, 0.717) is 48.9 Å². The topological polar surface area (TPSA) is 85.0 Å². The molecule has 10 heteroatoms. The molecule has 1 aliphatic rings. The van der Waals surface area contributed by atoms with Gasteiger partial charge in [-0.25, -0.2) is 4.98 Å². The molecule has 3 aromatic rings. The lowest BCUT2D eigenvalue weighted by Gasteiger charge is -2.32. The predicted molar refractivity (Wildman–Crippen MR) is 119 cm³/mol. The predicted octanol–water partition coefficient (Wildman–Crippen LogP) is 4.65. The van der Waals surface area contributed by atoms with Gasteiger partial charge < -0.3 is 19.0 Å². The molecule has 1 fully saturated rings. The molecule has 1 aromatic heterocycles. The van der Waals surface area contributed by atoms with Crippen molar-refractivity contribution in [2.24, 2.45) is 0 Å². The molecule has 186 valence electrons. The van der Waals surface area contributed by atoms with Gasteiger partial charge in [0.1, 0.15) is 29.3 Å². The largest absolute Gasteiger partial charge is 0.484 e. The Morgan fingerprint density at radius 3 is 2.46 bits per heavy atom. The first-order valence-corrected chi connectivity index (χ1v) is 11.1. The molecular weight excluding hydrogens is 465 g/mol. The lowest BCUT2D eigenvalue weighted by molar-refractivity contribution is -0.150. The van der Waals surface area contributed by atoms with Crippen molar-refractivity contribution < 1.29 is 37.0 Å². The number of carbonyl (C=O) groups is 1. The second kappa shape index (κ2) is 10.5. The Labute approximate surface area is 200 Å². The normalized spacial score (nSPS) is 17.8. The summed E-state index contributed by atoms with van der Waals surface area (Å²) in [4.78, 5) is 17.6. The number of halogens is 3. The van der Waals surface area contributed by atoms with E-state index in [1.807, 2.05) is 17.0 Å². The number of nitrogens with zero attached hydrogens (tertiary/aromatic N) is 2. The number of oxazole rings is 1. The molecule has 0 radical (unpaired) electrons. The van der Waals surface area contributed by atoms with Crippen LogP contribution in [-0.4, -0.2) is 46.8 Å². The third kappa shape index (κ3) is 6.20. The van der Waals surface area contributed by atoms with E-state index < -0.39 is 29.9 Å². The molecule has 2 heterocycles. The number of rotatable bonds is 8. The minimum atomic E-state index is -4.40. The highest BCUT2D eigenvalue weighted by Crippen LogP contribution is 2.31. The Morgan fingerprint density at radius 1 is 1.17 bits per heavy atom. The molecule has 1 aliphatic heterocycles. The second-order valence-electron chi connectivity index (χ2n) is 8.34. The smallest absolute Gasteiger partial charge is 0.416 e. The van der Waals surface area contributed by atoms with Crippen LogP contribution >= 0.6 is 0 Å². The average Bonchev–Trinajstić information content (AvgIpc) is 3.25. The molecule has 7 nitrogen and oxygen atoms in total. The van der Waals surface area contributed by atoms with Gasteiger partial charge in [0, 0.05) is 19.5 Å². The Kier molecular flexibility index (Phi) is 7.42. The summed E-state index contributed by atoms with van der Waals surface area (Å²) in [7, 11) is 0. The number of aliphatic carboxylic acids is 1. The maximum Gasteiger partial charge on any atom is 0.416 e. The van der Waals surface area contributed by atoms with E-state index in [-0.39, 0.29) is 6.61 Å². The lowest BCUT2D eigenvalue weighted by Crippen LogP contribution is -2.49. The van der Waals surface area contributed by atoms with Crippen molar-refractivity contribution in [3.63, 3.8) is 0 Å². The van der Waals surface area contributed by atoms with Crippen LogP contribution in [0, 0.1) is 6.92 Å². The molecule has 0 bridgehead atoms. The third-order valence-electron chi connectivity index (χ3n) is 5.90. The van der Waals surface area contributed by atoms with Crippen molar-refractivity contribution in [3.05, 3.63) is 83.1 Å². The first kappa shape index (κ1) is 24.7. The molecule has 1 saturated heterocycles. The van der Waals surface area contributed by atoms with Crippen molar-refractivity contribution in [2.75, 3.05) is 19.8 Å². The number of benzene rings is 2. The van der Waals surface area contributed by atoms with Gasteiger partial charge in [-0.15, -0.1) is 0 Å². The maximum absolute atomic E-state index is 12.9. The second-order valence-corrected chi connectivity index (χ2v) is 8.34. The van der Waals surface area contributed by atoms with Crippen molar-refractivity contribution in [1.29, 1.82) is 0 Å².